The van der Waals surface area contributed by atoms with Gasteiger partial charge in [-0.15, -0.1) is 17.5 Å². The van der Waals surface area contributed by atoms with Gasteiger partial charge in [0.1, 0.15) is 0 Å². The third-order valence-corrected chi connectivity index (χ3v) is 2.29. The van der Waals surface area contributed by atoms with E-state index in [0.717, 1.165) is 6.54 Å². The van der Waals surface area contributed by atoms with Crippen molar-refractivity contribution in [3.8, 4) is 0 Å². The van der Waals surface area contributed by atoms with Crippen LogP contribution in [0.3, 0.4) is 0 Å². The number of nitrogens with zero attached hydrogens (tertiary/aromatic N) is 4. The van der Waals surface area contributed by atoms with Crippen LogP contribution in [0.2, 0.25) is 0 Å². The third kappa shape index (κ3) is 4.44. The van der Waals surface area contributed by atoms with E-state index >= 15 is 0 Å². The van der Waals surface area contributed by atoms with Crippen LogP contribution in [-0.4, -0.2) is 21.7 Å². The van der Waals surface area contributed by atoms with E-state index in [0.29, 0.717) is 5.82 Å². The lowest BCUT2D eigenvalue weighted by Gasteiger charge is -2.04. The van der Waals surface area contributed by atoms with Gasteiger partial charge in [-0.2, -0.15) is 5.10 Å². The quantitative estimate of drug-likeness (QED) is 0.495. The topological polar surface area (TPSA) is 94.6 Å². The van der Waals surface area contributed by atoms with Crippen LogP contribution in [0.15, 0.2) is 52.9 Å². The Kier molecular flexibility index (Phi) is 5.56. The highest BCUT2D eigenvalue weighted by Crippen LogP contribution is 2.04. The van der Waals surface area contributed by atoms with E-state index in [1.54, 1.807) is 6.20 Å². The standard InChI is InChI=1S/C12H14N6.ClH/c13-12(14)17-16-8-11-15-6-7-18(11)9-10-4-2-1-3-5-10;/h1-8H,9H2,(H4,13,14,17);1H/b16-8+;. The maximum atomic E-state index is 5.18. The number of guanidine groups is 1. The number of aromatic nitrogens is 2. The number of nitrogens with two attached hydrogens (primary N) is 2. The van der Waals surface area contributed by atoms with Crippen molar-refractivity contribution in [1.29, 1.82) is 0 Å². The summed E-state index contributed by atoms with van der Waals surface area (Å²) in [6.07, 6.45) is 5.10. The van der Waals surface area contributed by atoms with Crippen molar-refractivity contribution in [3.63, 3.8) is 0 Å². The zero-order chi connectivity index (χ0) is 12.8. The molecule has 100 valence electrons. The molecular formula is C12H15ClN6. The molecule has 0 bridgehead atoms. The maximum absolute atomic E-state index is 5.18. The summed E-state index contributed by atoms with van der Waals surface area (Å²) in [6, 6.07) is 10.1. The lowest BCUT2D eigenvalue weighted by Crippen LogP contribution is -2.21. The number of halogens is 1. The summed E-state index contributed by atoms with van der Waals surface area (Å²) in [6.45, 7) is 0.726. The average Bonchev–Trinajstić information content (AvgIpc) is 2.78. The number of imidazole rings is 1. The SMILES string of the molecule is Cl.NC(N)=N/N=C/c1nccn1Cc1ccccc1. The first-order valence-electron chi connectivity index (χ1n) is 5.43. The Morgan fingerprint density at radius 2 is 2.00 bits per heavy atom. The maximum Gasteiger partial charge on any atom is 0.211 e. The largest absolute Gasteiger partial charge is 0.369 e. The first-order valence-corrected chi connectivity index (χ1v) is 5.43. The molecule has 0 fully saturated rings. The summed E-state index contributed by atoms with van der Waals surface area (Å²) in [5, 5.41) is 7.28. The van der Waals surface area contributed by atoms with Crippen molar-refractivity contribution in [2.24, 2.45) is 21.7 Å². The number of hydrogen-bond donors (Lipinski definition) is 2. The highest BCUT2D eigenvalue weighted by atomic mass is 35.5. The molecule has 0 saturated heterocycles. The van der Waals surface area contributed by atoms with E-state index in [9.17, 15) is 0 Å². The Morgan fingerprint density at radius 1 is 1.26 bits per heavy atom. The summed E-state index contributed by atoms with van der Waals surface area (Å²) < 4.78 is 1.96. The summed E-state index contributed by atoms with van der Waals surface area (Å²) >= 11 is 0. The third-order valence-electron chi connectivity index (χ3n) is 2.29. The molecule has 2 rings (SSSR count). The van der Waals surface area contributed by atoms with Gasteiger partial charge in [-0.05, 0) is 5.56 Å². The first-order chi connectivity index (χ1) is 8.75. The van der Waals surface area contributed by atoms with Gasteiger partial charge in [-0.1, -0.05) is 30.3 Å². The summed E-state index contributed by atoms with van der Waals surface area (Å²) in [4.78, 5) is 4.17. The normalized spacial score (nSPS) is 10.1. The van der Waals surface area contributed by atoms with E-state index in [4.69, 9.17) is 11.5 Å². The number of rotatable bonds is 4. The Morgan fingerprint density at radius 3 is 2.68 bits per heavy atom. The van der Waals surface area contributed by atoms with Crippen molar-refractivity contribution >= 4 is 24.6 Å². The van der Waals surface area contributed by atoms with Crippen LogP contribution in [0.4, 0.5) is 0 Å². The molecule has 1 aromatic carbocycles. The van der Waals surface area contributed by atoms with E-state index in [1.165, 1.54) is 11.8 Å². The highest BCUT2D eigenvalue weighted by molar-refractivity contribution is 5.85. The molecule has 0 aliphatic carbocycles. The van der Waals surface area contributed by atoms with Gasteiger partial charge in [0.2, 0.25) is 5.96 Å². The van der Waals surface area contributed by atoms with Gasteiger partial charge in [-0.25, -0.2) is 4.98 Å². The summed E-state index contributed by atoms with van der Waals surface area (Å²) in [5.74, 6) is 0.622. The van der Waals surface area contributed by atoms with Crippen LogP contribution in [0.25, 0.3) is 0 Å². The monoisotopic (exact) mass is 278 g/mol. The van der Waals surface area contributed by atoms with Crippen molar-refractivity contribution < 1.29 is 0 Å². The molecule has 0 atom stereocenters. The molecule has 0 radical (unpaired) electrons. The first kappa shape index (κ1) is 14.7. The summed E-state index contributed by atoms with van der Waals surface area (Å²) in [7, 11) is 0. The van der Waals surface area contributed by atoms with Gasteiger partial charge in [0.05, 0.1) is 6.21 Å². The number of benzene rings is 1. The predicted molar refractivity (Wildman–Crippen MR) is 78.4 cm³/mol. The predicted octanol–water partition coefficient (Wildman–Crippen LogP) is 0.960. The molecule has 0 spiro atoms. The Bertz CT molecular complexity index is 557. The van der Waals surface area contributed by atoms with Gasteiger partial charge < -0.3 is 16.0 Å². The molecule has 7 heteroatoms. The fraction of sp³-hybridized carbons (Fsp3) is 0.0833. The fourth-order valence-electron chi connectivity index (χ4n) is 1.51. The van der Waals surface area contributed by atoms with Crippen molar-refractivity contribution in [2.75, 3.05) is 0 Å². The van der Waals surface area contributed by atoms with E-state index < -0.39 is 0 Å². The van der Waals surface area contributed by atoms with Gasteiger partial charge in [0.15, 0.2) is 5.82 Å². The second kappa shape index (κ2) is 7.17. The fourth-order valence-corrected chi connectivity index (χ4v) is 1.51. The van der Waals surface area contributed by atoms with Gasteiger partial charge in [0, 0.05) is 18.9 Å². The van der Waals surface area contributed by atoms with Crippen LogP contribution in [-0.2, 0) is 6.54 Å². The minimum Gasteiger partial charge on any atom is -0.369 e. The molecule has 19 heavy (non-hydrogen) atoms. The molecule has 0 aliphatic rings. The lowest BCUT2D eigenvalue weighted by atomic mass is 10.2. The molecule has 2 aromatic rings. The molecule has 0 amide bonds. The van der Waals surface area contributed by atoms with Crippen molar-refractivity contribution in [1.82, 2.24) is 9.55 Å². The van der Waals surface area contributed by atoms with E-state index in [1.807, 2.05) is 29.0 Å². The lowest BCUT2D eigenvalue weighted by molar-refractivity contribution is 0.789. The molecule has 4 N–H and O–H groups in total. The van der Waals surface area contributed by atoms with Crippen LogP contribution in [0.5, 0.6) is 0 Å². The van der Waals surface area contributed by atoms with Crippen LogP contribution < -0.4 is 11.5 Å². The summed E-state index contributed by atoms with van der Waals surface area (Å²) in [5.41, 5.74) is 11.5. The number of hydrogen-bond acceptors (Lipinski definition) is 3. The van der Waals surface area contributed by atoms with E-state index in [2.05, 4.69) is 27.3 Å². The molecule has 1 heterocycles. The molecule has 0 aliphatic heterocycles. The molecule has 1 aromatic heterocycles. The Hall–Kier alpha value is -2.34. The van der Waals surface area contributed by atoms with Gasteiger partial charge in [0.25, 0.3) is 0 Å². The molecular weight excluding hydrogens is 264 g/mol. The zero-order valence-corrected chi connectivity index (χ0v) is 11.0. The second-order valence-electron chi connectivity index (χ2n) is 3.67. The second-order valence-corrected chi connectivity index (χ2v) is 3.67. The van der Waals surface area contributed by atoms with Crippen LogP contribution >= 0.6 is 12.4 Å². The van der Waals surface area contributed by atoms with Crippen molar-refractivity contribution in [3.05, 3.63) is 54.1 Å². The molecule has 6 nitrogen and oxygen atoms in total. The minimum absolute atomic E-state index is 0. The van der Waals surface area contributed by atoms with E-state index in [-0.39, 0.29) is 18.4 Å². The average molecular weight is 279 g/mol. The molecule has 0 unspecified atom stereocenters. The molecule has 0 saturated carbocycles. The zero-order valence-electron chi connectivity index (χ0n) is 10.2. The van der Waals surface area contributed by atoms with Crippen LogP contribution in [0, 0.1) is 0 Å². The Labute approximate surface area is 117 Å². The smallest absolute Gasteiger partial charge is 0.211 e. The minimum atomic E-state index is -0.0765. The Balaban J connectivity index is 0.00000180. The highest BCUT2D eigenvalue weighted by Gasteiger charge is 2.00. The van der Waals surface area contributed by atoms with Gasteiger partial charge in [-0.3, -0.25) is 0 Å². The van der Waals surface area contributed by atoms with Crippen molar-refractivity contribution in [2.45, 2.75) is 6.54 Å². The van der Waals surface area contributed by atoms with Crippen LogP contribution in [0.1, 0.15) is 11.4 Å². The van der Waals surface area contributed by atoms with Gasteiger partial charge >= 0.3 is 0 Å².